The second-order valence-electron chi connectivity index (χ2n) is 5.60. The summed E-state index contributed by atoms with van der Waals surface area (Å²) in [5.74, 6) is -0.656. The zero-order chi connectivity index (χ0) is 13.8. The van der Waals surface area contributed by atoms with Gasteiger partial charge in [-0.3, -0.25) is 14.5 Å². The van der Waals surface area contributed by atoms with Crippen molar-refractivity contribution in [3.05, 3.63) is 0 Å². The minimum Gasteiger partial charge on any atom is -0.370 e. The number of carbonyl (C=O) groups excluding carboxylic acids is 2. The molecule has 6 heteroatoms. The van der Waals surface area contributed by atoms with E-state index in [1.54, 1.807) is 4.90 Å². The maximum absolute atomic E-state index is 12.2. The molecule has 4 N–H and O–H groups in total. The molecule has 2 aliphatic rings. The Balaban J connectivity index is 1.89. The SMILES string of the molecule is NC(=O)CC(N)C(=O)N1CCCC(N2CCCC2)C1. The molecule has 2 heterocycles. The number of amides is 2. The molecule has 0 spiro atoms. The maximum Gasteiger partial charge on any atom is 0.240 e. The lowest BCUT2D eigenvalue weighted by Crippen LogP contribution is -2.53. The van der Waals surface area contributed by atoms with Crippen molar-refractivity contribution in [2.24, 2.45) is 11.5 Å². The Kier molecular flexibility index (Phi) is 4.76. The average Bonchev–Trinajstić information content (AvgIpc) is 2.91. The first-order valence-electron chi connectivity index (χ1n) is 7.14. The highest BCUT2D eigenvalue weighted by Crippen LogP contribution is 2.20. The molecule has 2 unspecified atom stereocenters. The molecule has 0 saturated carbocycles. The largest absolute Gasteiger partial charge is 0.370 e. The lowest BCUT2D eigenvalue weighted by atomic mass is 10.0. The number of rotatable bonds is 4. The standard InChI is InChI=1S/C13H24N4O2/c14-11(8-12(15)18)13(19)17-7-3-4-10(9-17)16-5-1-2-6-16/h10-11H,1-9,14H2,(H2,15,18). The van der Waals surface area contributed by atoms with E-state index in [-0.39, 0.29) is 12.3 Å². The van der Waals surface area contributed by atoms with Crippen LogP contribution in [0.4, 0.5) is 0 Å². The number of hydrogen-bond donors (Lipinski definition) is 2. The van der Waals surface area contributed by atoms with Gasteiger partial charge in [0.15, 0.2) is 0 Å². The second kappa shape index (κ2) is 6.34. The molecule has 2 aliphatic heterocycles. The van der Waals surface area contributed by atoms with Crippen LogP contribution in [0.3, 0.4) is 0 Å². The van der Waals surface area contributed by atoms with E-state index in [1.807, 2.05) is 0 Å². The fourth-order valence-electron chi connectivity index (χ4n) is 3.10. The predicted octanol–water partition coefficient (Wildman–Crippen LogP) is -0.724. The number of nitrogens with zero attached hydrogens (tertiary/aromatic N) is 2. The summed E-state index contributed by atoms with van der Waals surface area (Å²) in [5.41, 5.74) is 10.8. The Labute approximate surface area is 114 Å². The Morgan fingerprint density at radius 2 is 1.84 bits per heavy atom. The van der Waals surface area contributed by atoms with E-state index in [1.165, 1.54) is 12.8 Å². The fraction of sp³-hybridized carbons (Fsp3) is 0.846. The van der Waals surface area contributed by atoms with Gasteiger partial charge in [0, 0.05) is 19.1 Å². The van der Waals surface area contributed by atoms with E-state index in [0.717, 1.165) is 39.0 Å². The van der Waals surface area contributed by atoms with Gasteiger partial charge in [-0.15, -0.1) is 0 Å². The van der Waals surface area contributed by atoms with E-state index in [0.29, 0.717) is 6.04 Å². The van der Waals surface area contributed by atoms with Crippen molar-refractivity contribution in [3.8, 4) is 0 Å². The third-order valence-electron chi connectivity index (χ3n) is 4.10. The molecule has 108 valence electrons. The maximum atomic E-state index is 12.2. The van der Waals surface area contributed by atoms with Gasteiger partial charge in [-0.1, -0.05) is 0 Å². The lowest BCUT2D eigenvalue weighted by Gasteiger charge is -2.38. The summed E-state index contributed by atoms with van der Waals surface area (Å²) in [6.45, 7) is 3.76. The topological polar surface area (TPSA) is 92.7 Å². The zero-order valence-corrected chi connectivity index (χ0v) is 11.4. The summed E-state index contributed by atoms with van der Waals surface area (Å²) in [5, 5.41) is 0. The summed E-state index contributed by atoms with van der Waals surface area (Å²) >= 11 is 0. The molecule has 19 heavy (non-hydrogen) atoms. The van der Waals surface area contributed by atoms with Crippen molar-refractivity contribution in [1.29, 1.82) is 0 Å². The van der Waals surface area contributed by atoms with Crippen LogP contribution in [-0.2, 0) is 9.59 Å². The molecule has 0 aromatic carbocycles. The Morgan fingerprint density at radius 3 is 2.47 bits per heavy atom. The predicted molar refractivity (Wildman–Crippen MR) is 72.2 cm³/mol. The molecule has 0 aromatic heterocycles. The van der Waals surface area contributed by atoms with Gasteiger partial charge in [0.25, 0.3) is 0 Å². The number of piperidine rings is 1. The number of hydrogen-bond acceptors (Lipinski definition) is 4. The Bertz CT molecular complexity index is 342. The molecule has 0 radical (unpaired) electrons. The third-order valence-corrected chi connectivity index (χ3v) is 4.10. The first-order chi connectivity index (χ1) is 9.08. The summed E-state index contributed by atoms with van der Waals surface area (Å²) in [4.78, 5) is 27.3. The first kappa shape index (κ1) is 14.3. The van der Waals surface area contributed by atoms with Crippen LogP contribution in [0.5, 0.6) is 0 Å². The molecule has 2 atom stereocenters. The summed E-state index contributed by atoms with van der Waals surface area (Å²) in [6.07, 6.45) is 4.60. The normalized spacial score (nSPS) is 26.4. The second-order valence-corrected chi connectivity index (χ2v) is 5.60. The lowest BCUT2D eigenvalue weighted by molar-refractivity contribution is -0.136. The minimum absolute atomic E-state index is 0.0658. The van der Waals surface area contributed by atoms with Crippen LogP contribution in [0.15, 0.2) is 0 Å². The summed E-state index contributed by atoms with van der Waals surface area (Å²) in [6, 6.07) is -0.323. The van der Waals surface area contributed by atoms with Crippen LogP contribution >= 0.6 is 0 Å². The number of primary amides is 1. The van der Waals surface area contributed by atoms with Gasteiger partial charge in [-0.25, -0.2) is 0 Å². The molecule has 0 aromatic rings. The smallest absolute Gasteiger partial charge is 0.240 e. The Morgan fingerprint density at radius 1 is 1.16 bits per heavy atom. The van der Waals surface area contributed by atoms with Gasteiger partial charge in [-0.2, -0.15) is 0 Å². The van der Waals surface area contributed by atoms with Crippen LogP contribution in [0, 0.1) is 0 Å². The van der Waals surface area contributed by atoms with Gasteiger partial charge in [-0.05, 0) is 38.8 Å². The van der Waals surface area contributed by atoms with Crippen molar-refractivity contribution in [2.45, 2.75) is 44.2 Å². The highest BCUT2D eigenvalue weighted by Gasteiger charge is 2.31. The molecule has 6 nitrogen and oxygen atoms in total. The van der Waals surface area contributed by atoms with E-state index in [2.05, 4.69) is 4.90 Å². The average molecular weight is 268 g/mol. The van der Waals surface area contributed by atoms with Crippen LogP contribution < -0.4 is 11.5 Å². The van der Waals surface area contributed by atoms with Crippen LogP contribution in [0.25, 0.3) is 0 Å². The van der Waals surface area contributed by atoms with Gasteiger partial charge in [0.05, 0.1) is 12.5 Å². The van der Waals surface area contributed by atoms with Crippen molar-refractivity contribution in [1.82, 2.24) is 9.80 Å². The minimum atomic E-state index is -0.783. The van der Waals surface area contributed by atoms with E-state index < -0.39 is 11.9 Å². The third kappa shape index (κ3) is 3.67. The number of likely N-dealkylation sites (tertiary alicyclic amines) is 2. The monoisotopic (exact) mass is 268 g/mol. The molecule has 0 bridgehead atoms. The van der Waals surface area contributed by atoms with Crippen LogP contribution in [-0.4, -0.2) is 59.9 Å². The summed E-state index contributed by atoms with van der Waals surface area (Å²) in [7, 11) is 0. The molecule has 2 fully saturated rings. The number of carbonyl (C=O) groups is 2. The van der Waals surface area contributed by atoms with Gasteiger partial charge >= 0.3 is 0 Å². The molecular weight excluding hydrogens is 244 g/mol. The molecule has 0 aliphatic carbocycles. The van der Waals surface area contributed by atoms with Crippen molar-refractivity contribution < 1.29 is 9.59 Å². The van der Waals surface area contributed by atoms with Crippen LogP contribution in [0.2, 0.25) is 0 Å². The fourth-order valence-corrected chi connectivity index (χ4v) is 3.10. The highest BCUT2D eigenvalue weighted by atomic mass is 16.2. The van der Waals surface area contributed by atoms with E-state index in [9.17, 15) is 9.59 Å². The highest BCUT2D eigenvalue weighted by molar-refractivity contribution is 5.87. The molecule has 2 saturated heterocycles. The van der Waals surface area contributed by atoms with E-state index >= 15 is 0 Å². The van der Waals surface area contributed by atoms with Crippen LogP contribution in [0.1, 0.15) is 32.1 Å². The molecular formula is C13H24N4O2. The van der Waals surface area contributed by atoms with Gasteiger partial charge in [0.1, 0.15) is 0 Å². The molecule has 2 amide bonds. The molecule has 2 rings (SSSR count). The van der Waals surface area contributed by atoms with Gasteiger partial charge < -0.3 is 16.4 Å². The first-order valence-corrected chi connectivity index (χ1v) is 7.14. The quantitative estimate of drug-likeness (QED) is 0.703. The zero-order valence-electron chi connectivity index (χ0n) is 11.4. The Hall–Kier alpha value is -1.14. The summed E-state index contributed by atoms with van der Waals surface area (Å²) < 4.78 is 0. The van der Waals surface area contributed by atoms with Crippen molar-refractivity contribution in [2.75, 3.05) is 26.2 Å². The van der Waals surface area contributed by atoms with E-state index in [4.69, 9.17) is 11.5 Å². The number of nitrogens with two attached hydrogens (primary N) is 2. The van der Waals surface area contributed by atoms with Crippen molar-refractivity contribution >= 4 is 11.8 Å². The van der Waals surface area contributed by atoms with Crippen molar-refractivity contribution in [3.63, 3.8) is 0 Å². The van der Waals surface area contributed by atoms with Gasteiger partial charge in [0.2, 0.25) is 11.8 Å².